The van der Waals surface area contributed by atoms with Crippen LogP contribution >= 0.6 is 0 Å². The number of ether oxygens (including phenoxy) is 3. The molecule has 3 nitrogen and oxygen atoms in total. The lowest BCUT2D eigenvalue weighted by molar-refractivity contribution is 0.0245. The van der Waals surface area contributed by atoms with E-state index in [0.717, 1.165) is 43.1 Å². The lowest BCUT2D eigenvalue weighted by Crippen LogP contribution is -2.26. The molecule has 0 radical (unpaired) electrons. The molecule has 0 atom stereocenters. The van der Waals surface area contributed by atoms with Crippen molar-refractivity contribution >= 4 is 6.08 Å². The zero-order valence-corrected chi connectivity index (χ0v) is 10.1. The van der Waals surface area contributed by atoms with Crippen molar-refractivity contribution in [3.8, 4) is 11.5 Å². The van der Waals surface area contributed by atoms with Crippen LogP contribution in [0.3, 0.4) is 0 Å². The molecule has 1 fully saturated rings. The molecular formula is C14H18O3. The molecule has 2 rings (SSSR count). The summed E-state index contributed by atoms with van der Waals surface area (Å²) in [5.41, 5.74) is 1.04. The molecule has 0 bridgehead atoms. The third-order valence-electron chi connectivity index (χ3n) is 2.89. The van der Waals surface area contributed by atoms with E-state index in [4.69, 9.17) is 14.2 Å². The Balaban J connectivity index is 2.13. The van der Waals surface area contributed by atoms with E-state index in [2.05, 4.69) is 6.58 Å². The second-order valence-corrected chi connectivity index (χ2v) is 4.04. The first-order chi connectivity index (χ1) is 8.33. The zero-order chi connectivity index (χ0) is 12.1. The van der Waals surface area contributed by atoms with Gasteiger partial charge in [-0.1, -0.05) is 18.7 Å². The molecule has 1 aliphatic rings. The molecule has 1 aliphatic heterocycles. The molecule has 0 unspecified atom stereocenters. The number of methoxy groups -OCH3 is 1. The van der Waals surface area contributed by atoms with Crippen molar-refractivity contribution in [3.05, 3.63) is 30.3 Å². The molecule has 0 aromatic heterocycles. The van der Waals surface area contributed by atoms with E-state index in [1.165, 1.54) is 0 Å². The van der Waals surface area contributed by atoms with E-state index < -0.39 is 0 Å². The van der Waals surface area contributed by atoms with Crippen molar-refractivity contribution in [2.75, 3.05) is 20.3 Å². The van der Waals surface area contributed by atoms with Crippen LogP contribution in [0.2, 0.25) is 0 Å². The number of benzene rings is 1. The van der Waals surface area contributed by atoms with Gasteiger partial charge in [0.15, 0.2) is 11.5 Å². The molecule has 17 heavy (non-hydrogen) atoms. The van der Waals surface area contributed by atoms with E-state index in [0.29, 0.717) is 0 Å². The van der Waals surface area contributed by atoms with Crippen LogP contribution in [0.1, 0.15) is 18.4 Å². The second-order valence-electron chi connectivity index (χ2n) is 4.04. The Morgan fingerprint density at radius 2 is 2.06 bits per heavy atom. The molecule has 3 heteroatoms. The van der Waals surface area contributed by atoms with Gasteiger partial charge in [0.2, 0.25) is 0 Å². The average molecular weight is 234 g/mol. The minimum Gasteiger partial charge on any atom is -0.493 e. The third-order valence-corrected chi connectivity index (χ3v) is 2.89. The third kappa shape index (κ3) is 3.01. The zero-order valence-electron chi connectivity index (χ0n) is 10.1. The van der Waals surface area contributed by atoms with E-state index in [-0.39, 0.29) is 6.10 Å². The predicted molar refractivity (Wildman–Crippen MR) is 67.6 cm³/mol. The minimum atomic E-state index is 0.220. The first-order valence-corrected chi connectivity index (χ1v) is 5.88. The van der Waals surface area contributed by atoms with Gasteiger partial charge in [0, 0.05) is 12.8 Å². The van der Waals surface area contributed by atoms with Crippen molar-refractivity contribution in [2.24, 2.45) is 0 Å². The Morgan fingerprint density at radius 1 is 1.29 bits per heavy atom. The molecule has 0 amide bonds. The van der Waals surface area contributed by atoms with Gasteiger partial charge in [-0.05, 0) is 17.7 Å². The highest BCUT2D eigenvalue weighted by molar-refractivity contribution is 5.54. The van der Waals surface area contributed by atoms with Gasteiger partial charge in [0.25, 0.3) is 0 Å². The predicted octanol–water partition coefficient (Wildman–Crippen LogP) is 2.90. The van der Waals surface area contributed by atoms with Crippen LogP contribution in [0.5, 0.6) is 11.5 Å². The quantitative estimate of drug-likeness (QED) is 0.801. The van der Waals surface area contributed by atoms with Gasteiger partial charge >= 0.3 is 0 Å². The van der Waals surface area contributed by atoms with E-state index in [1.54, 1.807) is 13.2 Å². The van der Waals surface area contributed by atoms with E-state index in [1.807, 2.05) is 18.2 Å². The lowest BCUT2D eigenvalue weighted by Gasteiger charge is -2.24. The summed E-state index contributed by atoms with van der Waals surface area (Å²) in [5, 5.41) is 0. The van der Waals surface area contributed by atoms with Gasteiger partial charge in [0.05, 0.1) is 20.3 Å². The topological polar surface area (TPSA) is 27.7 Å². The summed E-state index contributed by atoms with van der Waals surface area (Å²) >= 11 is 0. The molecule has 0 spiro atoms. The summed E-state index contributed by atoms with van der Waals surface area (Å²) in [6.07, 6.45) is 3.89. The molecule has 1 saturated heterocycles. The summed E-state index contributed by atoms with van der Waals surface area (Å²) in [5.74, 6) is 1.55. The summed E-state index contributed by atoms with van der Waals surface area (Å²) in [4.78, 5) is 0. The van der Waals surface area contributed by atoms with E-state index >= 15 is 0 Å². The molecule has 1 aromatic rings. The van der Waals surface area contributed by atoms with Crippen molar-refractivity contribution in [2.45, 2.75) is 18.9 Å². The van der Waals surface area contributed by atoms with Crippen LogP contribution in [0.25, 0.3) is 6.08 Å². The Morgan fingerprint density at radius 3 is 2.71 bits per heavy atom. The largest absolute Gasteiger partial charge is 0.493 e. The molecule has 1 aromatic carbocycles. The molecule has 0 aliphatic carbocycles. The molecule has 92 valence electrons. The summed E-state index contributed by atoms with van der Waals surface area (Å²) in [6.45, 7) is 5.30. The summed E-state index contributed by atoms with van der Waals surface area (Å²) in [6, 6.07) is 5.83. The minimum absolute atomic E-state index is 0.220. The maximum Gasteiger partial charge on any atom is 0.162 e. The fraction of sp³-hybridized carbons (Fsp3) is 0.429. The van der Waals surface area contributed by atoms with Crippen LogP contribution < -0.4 is 9.47 Å². The van der Waals surface area contributed by atoms with Crippen molar-refractivity contribution in [3.63, 3.8) is 0 Å². The molecule has 0 N–H and O–H groups in total. The maximum absolute atomic E-state index is 5.97. The van der Waals surface area contributed by atoms with Crippen molar-refractivity contribution in [1.29, 1.82) is 0 Å². The van der Waals surface area contributed by atoms with Crippen LogP contribution in [0.15, 0.2) is 24.8 Å². The first-order valence-electron chi connectivity index (χ1n) is 5.88. The van der Waals surface area contributed by atoms with Crippen LogP contribution in [-0.2, 0) is 4.74 Å². The van der Waals surface area contributed by atoms with Crippen LogP contribution in [0, 0.1) is 0 Å². The molecule has 0 saturated carbocycles. The van der Waals surface area contributed by atoms with Gasteiger partial charge in [0.1, 0.15) is 6.10 Å². The maximum atomic E-state index is 5.97. The fourth-order valence-electron chi connectivity index (χ4n) is 1.89. The van der Waals surface area contributed by atoms with Gasteiger partial charge in [-0.25, -0.2) is 0 Å². The SMILES string of the molecule is C=Cc1ccc(OC)c(OC2CCOCC2)c1. The second kappa shape index (κ2) is 5.73. The Labute approximate surface area is 102 Å². The molecular weight excluding hydrogens is 216 g/mol. The van der Waals surface area contributed by atoms with Crippen LogP contribution in [-0.4, -0.2) is 26.4 Å². The Bertz CT molecular complexity index is 381. The number of rotatable bonds is 4. The Kier molecular flexibility index (Phi) is 4.04. The highest BCUT2D eigenvalue weighted by Crippen LogP contribution is 2.30. The van der Waals surface area contributed by atoms with Gasteiger partial charge in [-0.15, -0.1) is 0 Å². The standard InChI is InChI=1S/C14H18O3/c1-3-11-4-5-13(15-2)14(10-11)17-12-6-8-16-9-7-12/h3-5,10,12H,1,6-9H2,2H3. The molecule has 1 heterocycles. The van der Waals surface area contributed by atoms with Crippen molar-refractivity contribution < 1.29 is 14.2 Å². The average Bonchev–Trinajstić information content (AvgIpc) is 2.40. The number of hydrogen-bond acceptors (Lipinski definition) is 3. The van der Waals surface area contributed by atoms with Crippen LogP contribution in [0.4, 0.5) is 0 Å². The normalized spacial score (nSPS) is 16.5. The summed E-state index contributed by atoms with van der Waals surface area (Å²) in [7, 11) is 1.65. The summed E-state index contributed by atoms with van der Waals surface area (Å²) < 4.78 is 16.6. The smallest absolute Gasteiger partial charge is 0.162 e. The van der Waals surface area contributed by atoms with E-state index in [9.17, 15) is 0 Å². The monoisotopic (exact) mass is 234 g/mol. The highest BCUT2D eigenvalue weighted by Gasteiger charge is 2.17. The first kappa shape index (κ1) is 12.0. The van der Waals surface area contributed by atoms with Gasteiger partial charge in [-0.3, -0.25) is 0 Å². The van der Waals surface area contributed by atoms with Gasteiger partial charge < -0.3 is 14.2 Å². The highest BCUT2D eigenvalue weighted by atomic mass is 16.5. The Hall–Kier alpha value is -1.48. The number of hydrogen-bond donors (Lipinski definition) is 0. The fourth-order valence-corrected chi connectivity index (χ4v) is 1.89. The van der Waals surface area contributed by atoms with Crippen molar-refractivity contribution in [1.82, 2.24) is 0 Å². The lowest BCUT2D eigenvalue weighted by atomic mass is 10.1. The van der Waals surface area contributed by atoms with Gasteiger partial charge in [-0.2, -0.15) is 0 Å².